The number of aliphatic carboxylic acids is 1. The van der Waals surface area contributed by atoms with Gasteiger partial charge in [0.05, 0.1) is 13.2 Å². The van der Waals surface area contributed by atoms with E-state index in [4.69, 9.17) is 5.11 Å². The summed E-state index contributed by atoms with van der Waals surface area (Å²) in [5.74, 6) is -2.15. The number of thiophene rings is 1. The van der Waals surface area contributed by atoms with Gasteiger partial charge in [-0.2, -0.15) is 4.31 Å². The molecule has 1 aliphatic rings. The van der Waals surface area contributed by atoms with E-state index >= 15 is 0 Å². The van der Waals surface area contributed by atoms with Crippen LogP contribution < -0.4 is 0 Å². The summed E-state index contributed by atoms with van der Waals surface area (Å²) in [6.07, 6.45) is -1.24. The van der Waals surface area contributed by atoms with E-state index in [1.165, 1.54) is 11.4 Å². The Bertz CT molecular complexity index is 666. The number of nitrogens with zero attached hydrogens (tertiary/aromatic N) is 1. The number of esters is 1. The van der Waals surface area contributed by atoms with Crippen molar-refractivity contribution < 1.29 is 33.0 Å². The van der Waals surface area contributed by atoms with E-state index in [-0.39, 0.29) is 22.7 Å². The van der Waals surface area contributed by atoms with Crippen LogP contribution in [-0.4, -0.2) is 60.7 Å². The first-order chi connectivity index (χ1) is 9.78. The minimum absolute atomic E-state index is 0.122. The van der Waals surface area contributed by atoms with E-state index in [2.05, 4.69) is 4.74 Å². The van der Waals surface area contributed by atoms with Crippen LogP contribution in [0, 0.1) is 0 Å². The minimum atomic E-state index is -4.21. The molecule has 116 valence electrons. The van der Waals surface area contributed by atoms with E-state index in [9.17, 15) is 23.1 Å². The summed E-state index contributed by atoms with van der Waals surface area (Å²) in [5.41, 5.74) is 0. The molecular formula is C11H13NO7S2. The van der Waals surface area contributed by atoms with E-state index < -0.39 is 34.1 Å². The molecular weight excluding hydrogens is 322 g/mol. The average molecular weight is 335 g/mol. The monoisotopic (exact) mass is 335 g/mol. The van der Waals surface area contributed by atoms with E-state index in [0.717, 1.165) is 18.4 Å². The van der Waals surface area contributed by atoms with Crippen LogP contribution in [-0.2, 0) is 19.6 Å². The lowest BCUT2D eigenvalue weighted by molar-refractivity contribution is -0.140. The first kappa shape index (κ1) is 15.9. The maximum absolute atomic E-state index is 12.5. The normalized spacial score (nSPS) is 23.1. The zero-order valence-electron chi connectivity index (χ0n) is 10.9. The van der Waals surface area contributed by atoms with Crippen LogP contribution in [0.25, 0.3) is 0 Å². The predicted molar refractivity (Wildman–Crippen MR) is 71.6 cm³/mol. The highest BCUT2D eigenvalue weighted by Crippen LogP contribution is 2.31. The molecule has 1 aromatic heterocycles. The average Bonchev–Trinajstić information content (AvgIpc) is 3.04. The third kappa shape index (κ3) is 2.79. The second-order valence-corrected chi connectivity index (χ2v) is 7.20. The Kier molecular flexibility index (Phi) is 4.33. The number of methoxy groups -OCH3 is 1. The SMILES string of the molecule is COC(=O)c1sccc1S(=O)(=O)N1C[C@H](O)C[C@H]1C(=O)O. The molecule has 0 amide bonds. The number of β-amino-alcohol motifs (C(OH)–C–C–N with tert-alkyl or cyclic N) is 1. The van der Waals surface area contributed by atoms with Gasteiger partial charge in [-0.3, -0.25) is 4.79 Å². The Balaban J connectivity index is 2.45. The van der Waals surface area contributed by atoms with Gasteiger partial charge in [0.15, 0.2) is 0 Å². The number of aliphatic hydroxyl groups excluding tert-OH is 1. The second-order valence-electron chi connectivity index (χ2n) is 4.42. The van der Waals surface area contributed by atoms with Crippen molar-refractivity contribution in [1.82, 2.24) is 4.31 Å². The molecule has 0 aliphatic carbocycles. The van der Waals surface area contributed by atoms with Gasteiger partial charge in [0.1, 0.15) is 15.8 Å². The van der Waals surface area contributed by atoms with Gasteiger partial charge in [-0.1, -0.05) is 0 Å². The lowest BCUT2D eigenvalue weighted by Crippen LogP contribution is -2.40. The quantitative estimate of drug-likeness (QED) is 0.727. The zero-order valence-corrected chi connectivity index (χ0v) is 12.6. The molecule has 0 aromatic carbocycles. The summed E-state index contributed by atoms with van der Waals surface area (Å²) in [5, 5.41) is 20.0. The van der Waals surface area contributed by atoms with E-state index in [1.807, 2.05) is 0 Å². The van der Waals surface area contributed by atoms with Crippen molar-refractivity contribution in [2.75, 3.05) is 13.7 Å². The fourth-order valence-corrected chi connectivity index (χ4v) is 5.08. The zero-order chi connectivity index (χ0) is 15.8. The molecule has 2 rings (SSSR count). The number of carboxylic acid groups (broad SMARTS) is 1. The predicted octanol–water partition coefficient (Wildman–Crippen LogP) is -0.257. The standard InChI is InChI=1S/C11H13NO7S2/c1-19-11(16)9-8(2-3-20-9)21(17,18)12-5-6(13)4-7(12)10(14)15/h2-3,6-7,13H,4-5H2,1H3,(H,14,15)/t6-,7+/m1/s1. The number of aliphatic hydroxyl groups is 1. The first-order valence-corrected chi connectivity index (χ1v) is 8.19. The number of ether oxygens (including phenoxy) is 1. The summed E-state index contributed by atoms with van der Waals surface area (Å²) in [7, 11) is -3.08. The molecule has 1 saturated heterocycles. The van der Waals surface area contributed by atoms with Gasteiger partial charge in [-0.25, -0.2) is 13.2 Å². The fourth-order valence-electron chi connectivity index (χ4n) is 2.14. The van der Waals surface area contributed by atoms with E-state index in [1.54, 1.807) is 0 Å². The summed E-state index contributed by atoms with van der Waals surface area (Å²) in [6.45, 7) is -0.324. The third-order valence-electron chi connectivity index (χ3n) is 3.11. The van der Waals surface area contributed by atoms with Gasteiger partial charge in [-0.15, -0.1) is 11.3 Å². The molecule has 0 spiro atoms. The van der Waals surface area contributed by atoms with Gasteiger partial charge in [0, 0.05) is 13.0 Å². The first-order valence-electron chi connectivity index (χ1n) is 5.87. The Labute approximate surface area is 124 Å². The minimum Gasteiger partial charge on any atom is -0.480 e. The van der Waals surface area contributed by atoms with Crippen LogP contribution in [0.15, 0.2) is 16.3 Å². The molecule has 0 radical (unpaired) electrons. The number of hydrogen-bond acceptors (Lipinski definition) is 7. The van der Waals surface area contributed by atoms with Crippen molar-refractivity contribution in [2.24, 2.45) is 0 Å². The molecule has 2 atom stereocenters. The Morgan fingerprint density at radius 2 is 2.14 bits per heavy atom. The van der Waals surface area contributed by atoms with Crippen LogP contribution in [0.1, 0.15) is 16.1 Å². The van der Waals surface area contributed by atoms with Crippen molar-refractivity contribution in [3.63, 3.8) is 0 Å². The number of carbonyl (C=O) groups is 2. The highest BCUT2D eigenvalue weighted by atomic mass is 32.2. The second kappa shape index (κ2) is 5.72. The fraction of sp³-hybridized carbons (Fsp3) is 0.455. The summed E-state index contributed by atoms with van der Waals surface area (Å²) >= 11 is 0.888. The third-order valence-corrected chi connectivity index (χ3v) is 6.05. The molecule has 0 bridgehead atoms. The summed E-state index contributed by atoms with van der Waals surface area (Å²) in [6, 6.07) is -0.133. The van der Waals surface area contributed by atoms with Crippen LogP contribution in [0.2, 0.25) is 0 Å². The maximum atomic E-state index is 12.5. The molecule has 0 unspecified atom stereocenters. The Morgan fingerprint density at radius 3 is 2.71 bits per heavy atom. The van der Waals surface area contributed by atoms with Gasteiger partial charge in [-0.05, 0) is 11.4 Å². The van der Waals surface area contributed by atoms with Crippen LogP contribution in [0.3, 0.4) is 0 Å². The molecule has 1 aliphatic heterocycles. The molecule has 10 heteroatoms. The summed E-state index contributed by atoms with van der Waals surface area (Å²) in [4.78, 5) is 22.3. The van der Waals surface area contributed by atoms with Gasteiger partial charge < -0.3 is 14.9 Å². The van der Waals surface area contributed by atoms with Crippen LogP contribution >= 0.6 is 11.3 Å². The molecule has 2 heterocycles. The van der Waals surface area contributed by atoms with Gasteiger partial charge in [0.25, 0.3) is 0 Å². The van der Waals surface area contributed by atoms with Crippen molar-refractivity contribution in [3.05, 3.63) is 16.3 Å². The van der Waals surface area contributed by atoms with Crippen molar-refractivity contribution in [3.8, 4) is 0 Å². The number of carboxylic acids is 1. The molecule has 2 N–H and O–H groups in total. The van der Waals surface area contributed by atoms with Crippen LogP contribution in [0.5, 0.6) is 0 Å². The lowest BCUT2D eigenvalue weighted by Gasteiger charge is -2.20. The molecule has 8 nitrogen and oxygen atoms in total. The Hall–Kier alpha value is -1.49. The molecule has 21 heavy (non-hydrogen) atoms. The van der Waals surface area contributed by atoms with E-state index in [0.29, 0.717) is 4.31 Å². The maximum Gasteiger partial charge on any atom is 0.349 e. The number of sulfonamides is 1. The van der Waals surface area contributed by atoms with Gasteiger partial charge >= 0.3 is 11.9 Å². The Morgan fingerprint density at radius 1 is 1.48 bits per heavy atom. The number of rotatable bonds is 4. The number of hydrogen-bond donors (Lipinski definition) is 2. The van der Waals surface area contributed by atoms with Crippen LogP contribution in [0.4, 0.5) is 0 Å². The van der Waals surface area contributed by atoms with Crippen molar-refractivity contribution in [1.29, 1.82) is 0 Å². The van der Waals surface area contributed by atoms with Crippen molar-refractivity contribution >= 4 is 33.3 Å². The number of carbonyl (C=O) groups excluding carboxylic acids is 1. The lowest BCUT2D eigenvalue weighted by atomic mass is 10.2. The molecule has 1 fully saturated rings. The topological polar surface area (TPSA) is 121 Å². The van der Waals surface area contributed by atoms with Crippen molar-refractivity contribution in [2.45, 2.75) is 23.5 Å². The molecule has 0 saturated carbocycles. The highest BCUT2D eigenvalue weighted by Gasteiger charge is 2.44. The summed E-state index contributed by atoms with van der Waals surface area (Å²) < 4.78 is 30.3. The smallest absolute Gasteiger partial charge is 0.349 e. The largest absolute Gasteiger partial charge is 0.480 e. The highest BCUT2D eigenvalue weighted by molar-refractivity contribution is 7.89. The van der Waals surface area contributed by atoms with Gasteiger partial charge in [0.2, 0.25) is 10.0 Å². The molecule has 1 aromatic rings.